The summed E-state index contributed by atoms with van der Waals surface area (Å²) in [5.74, 6) is -0.579. The number of halogens is 4. The lowest BCUT2D eigenvalue weighted by Gasteiger charge is -2.19. The van der Waals surface area contributed by atoms with Gasteiger partial charge in [-0.05, 0) is 35.4 Å². The molecular formula is C20H17F4N3O2. The van der Waals surface area contributed by atoms with E-state index in [1.807, 2.05) is 0 Å². The third kappa shape index (κ3) is 5.56. The van der Waals surface area contributed by atoms with E-state index in [1.54, 1.807) is 36.1 Å². The van der Waals surface area contributed by atoms with Gasteiger partial charge in [-0.15, -0.1) is 13.2 Å². The summed E-state index contributed by atoms with van der Waals surface area (Å²) in [7, 11) is 1.77. The van der Waals surface area contributed by atoms with Gasteiger partial charge in [-0.1, -0.05) is 24.3 Å². The van der Waals surface area contributed by atoms with Crippen LogP contribution < -0.4 is 10.1 Å². The summed E-state index contributed by atoms with van der Waals surface area (Å²) in [5.41, 5.74) is 1.15. The second-order valence-electron chi connectivity index (χ2n) is 6.32. The van der Waals surface area contributed by atoms with Crippen molar-refractivity contribution in [2.24, 2.45) is 7.05 Å². The van der Waals surface area contributed by atoms with E-state index in [9.17, 15) is 22.4 Å². The predicted octanol–water partition coefficient (Wildman–Crippen LogP) is 3.91. The first-order valence-electron chi connectivity index (χ1n) is 8.58. The van der Waals surface area contributed by atoms with Crippen LogP contribution in [-0.4, -0.2) is 21.8 Å². The van der Waals surface area contributed by atoms with Crippen LogP contribution in [0.5, 0.6) is 5.75 Å². The maximum Gasteiger partial charge on any atom is 0.573 e. The number of benzene rings is 2. The first-order chi connectivity index (χ1) is 13.7. The molecule has 3 rings (SSSR count). The largest absolute Gasteiger partial charge is 0.573 e. The number of aromatic nitrogens is 2. The molecule has 0 aliphatic rings. The maximum atomic E-state index is 13.3. The summed E-state index contributed by atoms with van der Waals surface area (Å²) in [6, 6.07) is 10.1. The minimum Gasteiger partial charge on any atom is -0.406 e. The maximum absolute atomic E-state index is 13.3. The molecule has 0 saturated carbocycles. The minimum absolute atomic E-state index is 0.0611. The van der Waals surface area contributed by atoms with E-state index in [0.717, 1.165) is 12.1 Å². The quantitative estimate of drug-likeness (QED) is 0.631. The van der Waals surface area contributed by atoms with Crippen molar-refractivity contribution in [3.8, 4) is 5.75 Å². The molecule has 1 amide bonds. The molecule has 0 fully saturated rings. The predicted molar refractivity (Wildman–Crippen MR) is 96.4 cm³/mol. The number of ether oxygens (including phenoxy) is 1. The fourth-order valence-electron chi connectivity index (χ4n) is 2.81. The zero-order chi connectivity index (χ0) is 21.0. The van der Waals surface area contributed by atoms with Crippen LogP contribution >= 0.6 is 0 Å². The smallest absolute Gasteiger partial charge is 0.406 e. The molecule has 0 radical (unpaired) electrons. The summed E-state index contributed by atoms with van der Waals surface area (Å²) in [6.45, 7) is 0. The van der Waals surface area contributed by atoms with Crippen LogP contribution in [-0.2, 0) is 18.3 Å². The van der Waals surface area contributed by atoms with Gasteiger partial charge in [-0.2, -0.15) is 0 Å². The fourth-order valence-corrected chi connectivity index (χ4v) is 2.81. The number of amides is 1. The number of alkyl halides is 3. The molecule has 5 nitrogen and oxygen atoms in total. The Morgan fingerprint density at radius 1 is 1.14 bits per heavy atom. The standard InChI is InChI=1S/C20H17F4N3O2/c1-27-11-10-25-19(27)18(14-4-6-15(21)7-5-14)26-17(28)12-13-2-8-16(9-3-13)29-20(22,23)24/h2-11,18H,12H2,1H3,(H,26,28). The number of hydrogen-bond donors (Lipinski definition) is 1. The second-order valence-corrected chi connectivity index (χ2v) is 6.32. The number of aryl methyl sites for hydroxylation is 1. The number of nitrogens with one attached hydrogen (secondary N) is 1. The highest BCUT2D eigenvalue weighted by molar-refractivity contribution is 5.79. The van der Waals surface area contributed by atoms with E-state index < -0.39 is 18.2 Å². The van der Waals surface area contributed by atoms with Gasteiger partial charge >= 0.3 is 6.36 Å². The van der Waals surface area contributed by atoms with Crippen molar-refractivity contribution in [2.75, 3.05) is 0 Å². The van der Waals surface area contributed by atoms with Crippen molar-refractivity contribution in [3.05, 3.63) is 83.7 Å². The molecule has 3 aromatic rings. The lowest BCUT2D eigenvalue weighted by Crippen LogP contribution is -2.32. The van der Waals surface area contributed by atoms with Crippen LogP contribution in [0.2, 0.25) is 0 Å². The Bertz CT molecular complexity index is 967. The molecule has 2 aromatic carbocycles. The van der Waals surface area contributed by atoms with E-state index in [2.05, 4.69) is 15.0 Å². The highest BCUT2D eigenvalue weighted by Crippen LogP contribution is 2.24. The zero-order valence-electron chi connectivity index (χ0n) is 15.3. The average Bonchev–Trinajstić information content (AvgIpc) is 3.07. The molecule has 0 saturated heterocycles. The molecule has 29 heavy (non-hydrogen) atoms. The number of nitrogens with zero attached hydrogens (tertiary/aromatic N) is 2. The van der Waals surface area contributed by atoms with Gasteiger partial charge in [0.05, 0.1) is 6.42 Å². The van der Waals surface area contributed by atoms with Gasteiger partial charge in [0.25, 0.3) is 0 Å². The van der Waals surface area contributed by atoms with Crippen LogP contribution in [0.3, 0.4) is 0 Å². The highest BCUT2D eigenvalue weighted by Gasteiger charge is 2.31. The van der Waals surface area contributed by atoms with Gasteiger partial charge in [0, 0.05) is 19.4 Å². The van der Waals surface area contributed by atoms with Crippen molar-refractivity contribution in [1.82, 2.24) is 14.9 Å². The average molecular weight is 407 g/mol. The van der Waals surface area contributed by atoms with Crippen molar-refractivity contribution >= 4 is 5.91 Å². The summed E-state index contributed by atoms with van der Waals surface area (Å²) >= 11 is 0. The van der Waals surface area contributed by atoms with Crippen LogP contribution in [0, 0.1) is 5.82 Å². The molecule has 0 spiro atoms. The molecule has 1 aromatic heterocycles. The summed E-state index contributed by atoms with van der Waals surface area (Å²) in [6.07, 6.45) is -1.54. The topological polar surface area (TPSA) is 56.2 Å². The third-order valence-electron chi connectivity index (χ3n) is 4.15. The Labute approximate surface area is 163 Å². The molecule has 9 heteroatoms. The highest BCUT2D eigenvalue weighted by atomic mass is 19.4. The fraction of sp³-hybridized carbons (Fsp3) is 0.200. The Hall–Kier alpha value is -3.36. The number of imidazole rings is 1. The van der Waals surface area contributed by atoms with Gasteiger partial charge in [0.2, 0.25) is 5.91 Å². The first kappa shape index (κ1) is 20.4. The Morgan fingerprint density at radius 3 is 2.34 bits per heavy atom. The van der Waals surface area contributed by atoms with Crippen molar-refractivity contribution < 1.29 is 27.1 Å². The second kappa shape index (κ2) is 8.34. The van der Waals surface area contributed by atoms with Gasteiger partial charge in [-0.25, -0.2) is 9.37 Å². The van der Waals surface area contributed by atoms with E-state index in [4.69, 9.17) is 0 Å². The van der Waals surface area contributed by atoms with E-state index in [0.29, 0.717) is 17.0 Å². The molecule has 1 unspecified atom stereocenters. The lowest BCUT2D eigenvalue weighted by atomic mass is 10.0. The van der Waals surface area contributed by atoms with Gasteiger partial charge in [0.1, 0.15) is 23.4 Å². The van der Waals surface area contributed by atoms with Crippen LogP contribution in [0.4, 0.5) is 17.6 Å². The molecular weight excluding hydrogens is 390 g/mol. The van der Waals surface area contributed by atoms with E-state index in [1.165, 1.54) is 24.3 Å². The number of rotatable bonds is 6. The van der Waals surface area contributed by atoms with Crippen LogP contribution in [0.15, 0.2) is 60.9 Å². The number of hydrogen-bond acceptors (Lipinski definition) is 3. The Morgan fingerprint density at radius 2 is 1.79 bits per heavy atom. The molecule has 1 heterocycles. The van der Waals surface area contributed by atoms with Crippen molar-refractivity contribution in [3.63, 3.8) is 0 Å². The first-order valence-corrected chi connectivity index (χ1v) is 8.58. The van der Waals surface area contributed by atoms with E-state index >= 15 is 0 Å². The Balaban J connectivity index is 1.73. The van der Waals surface area contributed by atoms with Gasteiger partial charge < -0.3 is 14.6 Å². The van der Waals surface area contributed by atoms with Gasteiger partial charge in [-0.3, -0.25) is 4.79 Å². The molecule has 0 aliphatic heterocycles. The number of carbonyl (C=O) groups excluding carboxylic acids is 1. The summed E-state index contributed by atoms with van der Waals surface area (Å²) < 4.78 is 55.5. The van der Waals surface area contributed by atoms with Crippen LogP contribution in [0.1, 0.15) is 23.0 Å². The van der Waals surface area contributed by atoms with Crippen molar-refractivity contribution in [2.45, 2.75) is 18.8 Å². The zero-order valence-corrected chi connectivity index (χ0v) is 15.3. The normalized spacial score (nSPS) is 12.4. The molecule has 1 atom stereocenters. The van der Waals surface area contributed by atoms with Crippen molar-refractivity contribution in [1.29, 1.82) is 0 Å². The molecule has 0 bridgehead atoms. The SMILES string of the molecule is Cn1ccnc1C(NC(=O)Cc1ccc(OC(F)(F)F)cc1)c1ccc(F)cc1. The lowest BCUT2D eigenvalue weighted by molar-refractivity contribution is -0.274. The van der Waals surface area contributed by atoms with Crippen LogP contribution in [0.25, 0.3) is 0 Å². The monoisotopic (exact) mass is 407 g/mol. The molecule has 1 N–H and O–H groups in total. The Kier molecular flexibility index (Phi) is 5.86. The number of carbonyl (C=O) groups is 1. The minimum atomic E-state index is -4.77. The summed E-state index contributed by atoms with van der Waals surface area (Å²) in [5, 5.41) is 2.84. The third-order valence-corrected chi connectivity index (χ3v) is 4.15. The van der Waals surface area contributed by atoms with Gasteiger partial charge in [0.15, 0.2) is 0 Å². The molecule has 152 valence electrons. The molecule has 0 aliphatic carbocycles. The summed E-state index contributed by atoms with van der Waals surface area (Å²) in [4.78, 5) is 16.8. The van der Waals surface area contributed by atoms with E-state index in [-0.39, 0.29) is 18.1 Å².